The van der Waals surface area contributed by atoms with Crippen molar-refractivity contribution in [3.63, 3.8) is 0 Å². The molecule has 27 heavy (non-hydrogen) atoms. The van der Waals surface area contributed by atoms with E-state index in [1.807, 2.05) is 18.2 Å². The molecule has 2 aromatic rings. The Morgan fingerprint density at radius 1 is 1.15 bits per heavy atom. The fourth-order valence-corrected chi connectivity index (χ4v) is 4.13. The van der Waals surface area contributed by atoms with E-state index in [1.54, 1.807) is 11.4 Å². The van der Waals surface area contributed by atoms with Gasteiger partial charge in [0.05, 0.1) is 5.56 Å². The lowest BCUT2D eigenvalue weighted by molar-refractivity contribution is -0.116. The zero-order chi connectivity index (χ0) is 19.2. The van der Waals surface area contributed by atoms with Crippen molar-refractivity contribution in [1.29, 1.82) is 0 Å². The summed E-state index contributed by atoms with van der Waals surface area (Å²) in [7, 11) is 0. The maximum atomic E-state index is 12.2. The number of nitrogens with zero attached hydrogens (tertiary/aromatic N) is 2. The summed E-state index contributed by atoms with van der Waals surface area (Å²) in [5, 5.41) is 5.83. The number of anilines is 1. The molecule has 0 bridgehead atoms. The van der Waals surface area contributed by atoms with E-state index in [4.69, 9.17) is 17.3 Å². The number of piperazine rings is 1. The van der Waals surface area contributed by atoms with Crippen molar-refractivity contribution >= 4 is 39.8 Å². The van der Waals surface area contributed by atoms with Crippen LogP contribution >= 0.6 is 22.9 Å². The van der Waals surface area contributed by atoms with Crippen molar-refractivity contribution in [1.82, 2.24) is 9.80 Å². The first-order valence-electron chi connectivity index (χ1n) is 8.87. The first-order valence-corrected chi connectivity index (χ1v) is 10.1. The summed E-state index contributed by atoms with van der Waals surface area (Å²) >= 11 is 7.35. The number of nitrogens with one attached hydrogen (secondary N) is 1. The van der Waals surface area contributed by atoms with Crippen molar-refractivity contribution in [3.05, 3.63) is 51.9 Å². The molecule has 0 spiro atoms. The highest BCUT2D eigenvalue weighted by Crippen LogP contribution is 2.22. The average molecular weight is 407 g/mol. The van der Waals surface area contributed by atoms with E-state index in [0.29, 0.717) is 23.5 Å². The molecule has 1 fully saturated rings. The molecule has 2 amide bonds. The van der Waals surface area contributed by atoms with Gasteiger partial charge >= 0.3 is 0 Å². The summed E-state index contributed by atoms with van der Waals surface area (Å²) in [4.78, 5) is 28.2. The van der Waals surface area contributed by atoms with Gasteiger partial charge in [-0.25, -0.2) is 0 Å². The zero-order valence-electron chi connectivity index (χ0n) is 15.0. The number of rotatable bonds is 7. The third-order valence-electron chi connectivity index (χ3n) is 4.60. The van der Waals surface area contributed by atoms with Crippen LogP contribution in [0.4, 0.5) is 5.00 Å². The standard InChI is InChI=1S/C19H23ClN4O2S/c20-15-3-1-2-14(12-15)13-24-9-7-23(8-10-24)6-4-17(25)22-19-16(18(21)26)5-11-27-19/h1-3,5,11-12H,4,6-10,13H2,(H2,21,26)(H,22,25). The summed E-state index contributed by atoms with van der Waals surface area (Å²) in [6.45, 7) is 5.38. The predicted molar refractivity (Wildman–Crippen MR) is 109 cm³/mol. The van der Waals surface area contributed by atoms with Gasteiger partial charge in [-0.2, -0.15) is 0 Å². The highest BCUT2D eigenvalue weighted by Gasteiger charge is 2.18. The maximum Gasteiger partial charge on any atom is 0.251 e. The van der Waals surface area contributed by atoms with Crippen LogP contribution in [0.1, 0.15) is 22.3 Å². The minimum atomic E-state index is -0.526. The van der Waals surface area contributed by atoms with Gasteiger partial charge in [0.25, 0.3) is 5.91 Å². The van der Waals surface area contributed by atoms with Crippen LogP contribution in [0.25, 0.3) is 0 Å². The molecule has 1 aromatic heterocycles. The molecule has 1 aliphatic heterocycles. The van der Waals surface area contributed by atoms with Gasteiger partial charge in [-0.3, -0.25) is 14.5 Å². The monoisotopic (exact) mass is 406 g/mol. The van der Waals surface area contributed by atoms with Crippen LogP contribution in [0.3, 0.4) is 0 Å². The molecule has 0 aliphatic carbocycles. The Hall–Kier alpha value is -1.93. The lowest BCUT2D eigenvalue weighted by atomic mass is 10.2. The van der Waals surface area contributed by atoms with Crippen LogP contribution in [-0.2, 0) is 11.3 Å². The fourth-order valence-electron chi connectivity index (χ4n) is 3.11. The molecule has 1 aliphatic rings. The van der Waals surface area contributed by atoms with Crippen molar-refractivity contribution in [2.24, 2.45) is 5.73 Å². The Balaban J connectivity index is 1.39. The Kier molecular flexibility index (Phi) is 6.84. The molecule has 0 unspecified atom stereocenters. The van der Waals surface area contributed by atoms with E-state index in [1.165, 1.54) is 16.9 Å². The fraction of sp³-hybridized carbons (Fsp3) is 0.368. The number of hydrogen-bond acceptors (Lipinski definition) is 5. The lowest BCUT2D eigenvalue weighted by Gasteiger charge is -2.34. The first-order chi connectivity index (χ1) is 13.0. The normalized spacial score (nSPS) is 15.6. The molecule has 0 radical (unpaired) electrons. The Bertz CT molecular complexity index is 803. The zero-order valence-corrected chi connectivity index (χ0v) is 16.6. The summed E-state index contributed by atoms with van der Waals surface area (Å²) in [6, 6.07) is 9.58. The Labute approximate surface area is 167 Å². The van der Waals surface area contributed by atoms with E-state index < -0.39 is 5.91 Å². The molecule has 144 valence electrons. The number of nitrogens with two attached hydrogens (primary N) is 1. The van der Waals surface area contributed by atoms with E-state index in [2.05, 4.69) is 21.2 Å². The van der Waals surface area contributed by atoms with Gasteiger partial charge in [0.1, 0.15) is 5.00 Å². The lowest BCUT2D eigenvalue weighted by Crippen LogP contribution is -2.46. The van der Waals surface area contributed by atoms with E-state index >= 15 is 0 Å². The molecule has 6 nitrogen and oxygen atoms in total. The highest BCUT2D eigenvalue weighted by atomic mass is 35.5. The molecule has 2 heterocycles. The van der Waals surface area contributed by atoms with Crippen LogP contribution in [0.15, 0.2) is 35.7 Å². The summed E-state index contributed by atoms with van der Waals surface area (Å²) in [5.74, 6) is -0.622. The van der Waals surface area contributed by atoms with Crippen LogP contribution in [0.5, 0.6) is 0 Å². The summed E-state index contributed by atoms with van der Waals surface area (Å²) in [5.41, 5.74) is 6.88. The number of carbonyl (C=O) groups is 2. The van der Waals surface area contributed by atoms with Gasteiger partial charge in [0.2, 0.25) is 5.91 Å². The van der Waals surface area contributed by atoms with Gasteiger partial charge in [-0.1, -0.05) is 23.7 Å². The van der Waals surface area contributed by atoms with Crippen molar-refractivity contribution < 1.29 is 9.59 Å². The van der Waals surface area contributed by atoms with Gasteiger partial charge in [-0.05, 0) is 29.1 Å². The van der Waals surface area contributed by atoms with Crippen LogP contribution in [-0.4, -0.2) is 54.3 Å². The minimum absolute atomic E-state index is 0.0960. The van der Waals surface area contributed by atoms with Gasteiger partial charge in [-0.15, -0.1) is 11.3 Å². The number of benzene rings is 1. The smallest absolute Gasteiger partial charge is 0.251 e. The SMILES string of the molecule is NC(=O)c1ccsc1NC(=O)CCN1CCN(Cc2cccc(Cl)c2)CC1. The quantitative estimate of drug-likeness (QED) is 0.740. The second-order valence-corrected chi connectivity index (χ2v) is 7.93. The largest absolute Gasteiger partial charge is 0.366 e. The molecule has 8 heteroatoms. The molecule has 3 rings (SSSR count). The topological polar surface area (TPSA) is 78.7 Å². The number of hydrogen-bond donors (Lipinski definition) is 2. The second kappa shape index (κ2) is 9.32. The number of halogens is 1. The number of thiophene rings is 1. The van der Waals surface area contributed by atoms with E-state index in [-0.39, 0.29) is 5.91 Å². The number of amides is 2. The molecule has 0 saturated carbocycles. The molecular weight excluding hydrogens is 384 g/mol. The number of primary amides is 1. The Morgan fingerprint density at radius 3 is 2.59 bits per heavy atom. The van der Waals surface area contributed by atoms with E-state index in [9.17, 15) is 9.59 Å². The minimum Gasteiger partial charge on any atom is -0.366 e. The van der Waals surface area contributed by atoms with Crippen molar-refractivity contribution in [2.45, 2.75) is 13.0 Å². The van der Waals surface area contributed by atoms with Crippen LogP contribution < -0.4 is 11.1 Å². The van der Waals surface area contributed by atoms with Crippen molar-refractivity contribution in [3.8, 4) is 0 Å². The van der Waals surface area contributed by atoms with E-state index in [0.717, 1.165) is 37.7 Å². The Morgan fingerprint density at radius 2 is 1.89 bits per heavy atom. The molecular formula is C19H23ClN4O2S. The molecule has 1 aromatic carbocycles. The number of carbonyl (C=O) groups excluding carboxylic acids is 2. The van der Waals surface area contributed by atoms with Gasteiger partial charge < -0.3 is 16.0 Å². The first kappa shape index (κ1) is 19.8. The molecule has 0 atom stereocenters. The predicted octanol–water partition coefficient (Wildman–Crippen LogP) is 2.65. The summed E-state index contributed by atoms with van der Waals surface area (Å²) in [6.07, 6.45) is 0.393. The third-order valence-corrected chi connectivity index (χ3v) is 5.66. The van der Waals surface area contributed by atoms with Gasteiger partial charge in [0.15, 0.2) is 0 Å². The highest BCUT2D eigenvalue weighted by molar-refractivity contribution is 7.14. The van der Waals surface area contributed by atoms with Crippen LogP contribution in [0.2, 0.25) is 5.02 Å². The summed E-state index contributed by atoms with van der Waals surface area (Å²) < 4.78 is 0. The molecule has 1 saturated heterocycles. The maximum absolute atomic E-state index is 12.2. The average Bonchev–Trinajstić information content (AvgIpc) is 3.09. The third kappa shape index (κ3) is 5.77. The second-order valence-electron chi connectivity index (χ2n) is 6.57. The van der Waals surface area contributed by atoms with Crippen LogP contribution in [0, 0.1) is 0 Å². The van der Waals surface area contributed by atoms with Gasteiger partial charge in [0, 0.05) is 50.7 Å². The van der Waals surface area contributed by atoms with Crippen molar-refractivity contribution in [2.75, 3.05) is 38.0 Å². The molecule has 3 N–H and O–H groups in total.